The van der Waals surface area contributed by atoms with Crippen molar-refractivity contribution >= 4 is 16.9 Å². The zero-order chi connectivity index (χ0) is 16.6. The molecule has 0 radical (unpaired) electrons. The number of esters is 1. The van der Waals surface area contributed by atoms with Gasteiger partial charge in [-0.3, -0.25) is 4.79 Å². The van der Waals surface area contributed by atoms with Crippen LogP contribution in [-0.4, -0.2) is 24.3 Å². The van der Waals surface area contributed by atoms with Crippen molar-refractivity contribution in [2.75, 3.05) is 13.7 Å². The van der Waals surface area contributed by atoms with Gasteiger partial charge in [-0.2, -0.15) is 0 Å². The highest BCUT2D eigenvalue weighted by atomic mass is 19.1. The molecule has 0 bridgehead atoms. The fourth-order valence-corrected chi connectivity index (χ4v) is 2.63. The normalized spacial score (nSPS) is 14.0. The van der Waals surface area contributed by atoms with Crippen molar-refractivity contribution < 1.29 is 18.7 Å². The van der Waals surface area contributed by atoms with Gasteiger partial charge < -0.3 is 14.0 Å². The number of rotatable bonds is 5. The molecule has 2 aromatic rings. The summed E-state index contributed by atoms with van der Waals surface area (Å²) in [6.45, 7) is 2.51. The summed E-state index contributed by atoms with van der Waals surface area (Å²) in [7, 11) is 1.34. The average Bonchev–Trinajstić information content (AvgIpc) is 3.34. The van der Waals surface area contributed by atoms with Gasteiger partial charge in [-0.25, -0.2) is 9.18 Å². The maximum absolute atomic E-state index is 14.0. The Kier molecular flexibility index (Phi) is 4.07. The predicted molar refractivity (Wildman–Crippen MR) is 83.4 cm³/mol. The van der Waals surface area contributed by atoms with Gasteiger partial charge in [-0.05, 0) is 31.7 Å². The van der Waals surface area contributed by atoms with Crippen LogP contribution in [0.3, 0.4) is 0 Å². The van der Waals surface area contributed by atoms with Crippen LogP contribution in [0.5, 0.6) is 5.75 Å². The fourth-order valence-electron chi connectivity index (χ4n) is 2.63. The van der Waals surface area contributed by atoms with Crippen molar-refractivity contribution in [2.45, 2.75) is 26.3 Å². The van der Waals surface area contributed by atoms with Crippen LogP contribution in [0, 0.1) is 11.7 Å². The van der Waals surface area contributed by atoms with E-state index in [1.165, 1.54) is 25.4 Å². The Morgan fingerprint density at radius 3 is 2.74 bits per heavy atom. The number of nitrogens with zero attached hydrogens (tertiary/aromatic N) is 1. The van der Waals surface area contributed by atoms with E-state index in [1.807, 2.05) is 0 Å². The highest BCUT2D eigenvalue weighted by Crippen LogP contribution is 2.32. The lowest BCUT2D eigenvalue weighted by molar-refractivity contribution is 0.0524. The summed E-state index contributed by atoms with van der Waals surface area (Å²) in [4.78, 5) is 24.6. The standard InChI is InChI=1S/C17H18FNO4/c1-3-23-17(21)12-9-19(8-10-4-5-10)14-7-13(18)15(22-2)6-11(14)16(12)20/h6-7,9-10H,3-5,8H2,1-2H3. The molecule has 0 atom stereocenters. The Labute approximate surface area is 132 Å². The maximum Gasteiger partial charge on any atom is 0.343 e. The Morgan fingerprint density at radius 1 is 1.39 bits per heavy atom. The molecule has 23 heavy (non-hydrogen) atoms. The first-order chi connectivity index (χ1) is 11.0. The maximum atomic E-state index is 14.0. The van der Waals surface area contributed by atoms with Gasteiger partial charge >= 0.3 is 5.97 Å². The van der Waals surface area contributed by atoms with Crippen LogP contribution in [-0.2, 0) is 11.3 Å². The summed E-state index contributed by atoms with van der Waals surface area (Å²) in [5.41, 5.74) is -0.0364. The highest BCUT2D eigenvalue weighted by Gasteiger charge is 2.24. The van der Waals surface area contributed by atoms with Gasteiger partial charge in [0.15, 0.2) is 11.6 Å². The fraction of sp³-hybridized carbons (Fsp3) is 0.412. The molecular formula is C17H18FNO4. The summed E-state index contributed by atoms with van der Waals surface area (Å²) >= 11 is 0. The molecule has 0 aliphatic heterocycles. The van der Waals surface area contributed by atoms with Crippen LogP contribution in [0.2, 0.25) is 0 Å². The lowest BCUT2D eigenvalue weighted by Crippen LogP contribution is -2.21. The van der Waals surface area contributed by atoms with Gasteiger partial charge in [0.2, 0.25) is 5.43 Å². The largest absolute Gasteiger partial charge is 0.494 e. The topological polar surface area (TPSA) is 57.5 Å². The lowest BCUT2D eigenvalue weighted by atomic mass is 10.1. The molecule has 3 rings (SSSR count). The number of aromatic nitrogens is 1. The van der Waals surface area contributed by atoms with Crippen LogP contribution in [0.1, 0.15) is 30.1 Å². The van der Waals surface area contributed by atoms with Crippen molar-refractivity contribution in [3.63, 3.8) is 0 Å². The summed E-state index contributed by atoms with van der Waals surface area (Å²) < 4.78 is 25.7. The van der Waals surface area contributed by atoms with Gasteiger partial charge in [0.25, 0.3) is 0 Å². The van der Waals surface area contributed by atoms with Crippen LogP contribution in [0.25, 0.3) is 10.9 Å². The van der Waals surface area contributed by atoms with Crippen LogP contribution < -0.4 is 10.2 Å². The first-order valence-corrected chi connectivity index (χ1v) is 7.63. The first kappa shape index (κ1) is 15.5. The number of benzene rings is 1. The second-order valence-corrected chi connectivity index (χ2v) is 5.69. The van der Waals surface area contributed by atoms with Crippen molar-refractivity contribution in [1.82, 2.24) is 4.57 Å². The van der Waals surface area contributed by atoms with E-state index in [0.29, 0.717) is 18.0 Å². The third kappa shape index (κ3) is 2.93. The van der Waals surface area contributed by atoms with Gasteiger partial charge in [-0.15, -0.1) is 0 Å². The minimum atomic E-state index is -0.660. The van der Waals surface area contributed by atoms with E-state index in [4.69, 9.17) is 9.47 Å². The van der Waals surface area contributed by atoms with E-state index in [9.17, 15) is 14.0 Å². The molecule has 1 aromatic carbocycles. The van der Waals surface area contributed by atoms with E-state index in [-0.39, 0.29) is 23.3 Å². The predicted octanol–water partition coefficient (Wildman–Crippen LogP) is 2.74. The number of fused-ring (bicyclic) bond motifs is 1. The molecule has 1 saturated carbocycles. The molecule has 122 valence electrons. The van der Waals surface area contributed by atoms with Crippen molar-refractivity contribution in [2.24, 2.45) is 5.92 Å². The quantitative estimate of drug-likeness (QED) is 0.795. The Bertz CT molecular complexity index is 823. The summed E-state index contributed by atoms with van der Waals surface area (Å²) in [5.74, 6) is -0.713. The van der Waals surface area contributed by atoms with E-state index in [0.717, 1.165) is 12.8 Å². The third-order valence-corrected chi connectivity index (χ3v) is 4.00. The molecule has 0 N–H and O–H groups in total. The summed E-state index contributed by atoms with van der Waals surface area (Å²) in [6, 6.07) is 2.63. The second kappa shape index (κ2) is 6.02. The molecule has 0 saturated heterocycles. The molecule has 0 spiro atoms. The van der Waals surface area contributed by atoms with Gasteiger partial charge in [0.05, 0.1) is 24.6 Å². The van der Waals surface area contributed by atoms with Gasteiger partial charge in [-0.1, -0.05) is 0 Å². The molecule has 1 aliphatic rings. The number of carbonyl (C=O) groups excluding carboxylic acids is 1. The summed E-state index contributed by atoms with van der Waals surface area (Å²) in [5, 5.41) is 0.259. The zero-order valence-electron chi connectivity index (χ0n) is 13.1. The molecule has 1 aromatic heterocycles. The van der Waals surface area contributed by atoms with Crippen molar-refractivity contribution in [1.29, 1.82) is 0 Å². The minimum Gasteiger partial charge on any atom is -0.494 e. The Hall–Kier alpha value is -2.37. The average molecular weight is 319 g/mol. The molecule has 1 heterocycles. The molecular weight excluding hydrogens is 301 g/mol. The van der Waals surface area contributed by atoms with Crippen LogP contribution in [0.15, 0.2) is 23.1 Å². The molecule has 6 heteroatoms. The number of carbonyl (C=O) groups is 1. The number of hydrogen-bond donors (Lipinski definition) is 0. The Morgan fingerprint density at radius 2 is 2.13 bits per heavy atom. The monoisotopic (exact) mass is 319 g/mol. The van der Waals surface area contributed by atoms with E-state index in [2.05, 4.69) is 0 Å². The molecule has 0 amide bonds. The zero-order valence-corrected chi connectivity index (χ0v) is 13.1. The smallest absolute Gasteiger partial charge is 0.343 e. The third-order valence-electron chi connectivity index (χ3n) is 4.00. The number of methoxy groups -OCH3 is 1. The lowest BCUT2D eigenvalue weighted by Gasteiger charge is -2.14. The van der Waals surface area contributed by atoms with Crippen LogP contribution >= 0.6 is 0 Å². The van der Waals surface area contributed by atoms with E-state index < -0.39 is 17.2 Å². The van der Waals surface area contributed by atoms with Gasteiger partial charge in [0.1, 0.15) is 5.56 Å². The SMILES string of the molecule is CCOC(=O)c1cn(CC2CC2)c2cc(F)c(OC)cc2c1=O. The first-order valence-electron chi connectivity index (χ1n) is 7.63. The van der Waals surface area contributed by atoms with E-state index >= 15 is 0 Å². The molecule has 0 unspecified atom stereocenters. The van der Waals surface area contributed by atoms with Crippen molar-refractivity contribution in [3.8, 4) is 5.75 Å². The Balaban J connectivity index is 2.24. The van der Waals surface area contributed by atoms with Gasteiger partial charge in [0, 0.05) is 18.8 Å². The number of pyridine rings is 1. The number of halogens is 1. The number of hydrogen-bond acceptors (Lipinski definition) is 4. The summed E-state index contributed by atoms with van der Waals surface area (Å²) in [6.07, 6.45) is 3.68. The highest BCUT2D eigenvalue weighted by molar-refractivity contribution is 5.94. The molecule has 5 nitrogen and oxygen atoms in total. The van der Waals surface area contributed by atoms with E-state index in [1.54, 1.807) is 11.5 Å². The molecule has 1 fully saturated rings. The second-order valence-electron chi connectivity index (χ2n) is 5.69. The van der Waals surface area contributed by atoms with Crippen molar-refractivity contribution in [3.05, 3.63) is 39.9 Å². The number of ether oxygens (including phenoxy) is 2. The minimum absolute atomic E-state index is 0.0198. The molecule has 1 aliphatic carbocycles. The van der Waals surface area contributed by atoms with Crippen LogP contribution in [0.4, 0.5) is 4.39 Å².